The van der Waals surface area contributed by atoms with Crippen LogP contribution in [0.15, 0.2) is 36.4 Å². The Balaban J connectivity index is 2.00. The third-order valence-electron chi connectivity index (χ3n) is 3.47. The van der Waals surface area contributed by atoms with Crippen LogP contribution in [0.1, 0.15) is 28.8 Å². The van der Waals surface area contributed by atoms with Crippen molar-refractivity contribution in [3.8, 4) is 16.9 Å². The predicted molar refractivity (Wildman–Crippen MR) is 82.2 cm³/mol. The Morgan fingerprint density at radius 1 is 1.24 bits per heavy atom. The van der Waals surface area contributed by atoms with E-state index in [1.807, 2.05) is 31.2 Å². The number of carbonyl (C=O) groups is 1. The zero-order valence-corrected chi connectivity index (χ0v) is 12.4. The summed E-state index contributed by atoms with van der Waals surface area (Å²) in [7, 11) is 0. The molecule has 1 saturated carbocycles. The van der Waals surface area contributed by atoms with Crippen LogP contribution in [-0.2, 0) is 0 Å². The van der Waals surface area contributed by atoms with E-state index in [1.54, 1.807) is 12.1 Å². The molecule has 0 unspecified atom stereocenters. The van der Waals surface area contributed by atoms with Gasteiger partial charge in [-0.3, -0.25) is 0 Å². The highest BCUT2D eigenvalue weighted by atomic mass is 35.5. The van der Waals surface area contributed by atoms with E-state index in [0.29, 0.717) is 16.3 Å². The van der Waals surface area contributed by atoms with Gasteiger partial charge < -0.3 is 9.84 Å². The van der Waals surface area contributed by atoms with Gasteiger partial charge >= 0.3 is 5.97 Å². The van der Waals surface area contributed by atoms with Crippen molar-refractivity contribution >= 4 is 17.6 Å². The summed E-state index contributed by atoms with van der Waals surface area (Å²) in [6.45, 7) is 1.87. The topological polar surface area (TPSA) is 46.5 Å². The first-order valence-electron chi connectivity index (χ1n) is 6.85. The standard InChI is InChI=1S/C17H15ClO3/c1-10-2-6-13(14(8-10)17(19)20)11-3-7-16(15(18)9-11)21-12-4-5-12/h2-3,6-9,12H,4-5H2,1H3,(H,19,20). The minimum atomic E-state index is -0.942. The number of hydrogen-bond donors (Lipinski definition) is 1. The first kappa shape index (κ1) is 14.0. The molecule has 2 aromatic rings. The molecule has 108 valence electrons. The highest BCUT2D eigenvalue weighted by molar-refractivity contribution is 6.32. The summed E-state index contributed by atoms with van der Waals surface area (Å²) in [6.07, 6.45) is 2.42. The number of carboxylic acid groups (broad SMARTS) is 1. The fourth-order valence-electron chi connectivity index (χ4n) is 2.22. The molecule has 4 heteroatoms. The predicted octanol–water partition coefficient (Wildman–Crippen LogP) is 4.55. The van der Waals surface area contributed by atoms with Crippen molar-refractivity contribution in [3.05, 3.63) is 52.5 Å². The van der Waals surface area contributed by atoms with E-state index in [4.69, 9.17) is 16.3 Å². The van der Waals surface area contributed by atoms with Crippen LogP contribution in [0.2, 0.25) is 5.02 Å². The maximum Gasteiger partial charge on any atom is 0.336 e. The summed E-state index contributed by atoms with van der Waals surface area (Å²) in [5.41, 5.74) is 2.63. The lowest BCUT2D eigenvalue weighted by Crippen LogP contribution is -2.01. The minimum Gasteiger partial charge on any atom is -0.489 e. The van der Waals surface area contributed by atoms with E-state index >= 15 is 0 Å². The Bertz CT molecular complexity index is 705. The molecular formula is C17H15ClO3. The smallest absolute Gasteiger partial charge is 0.336 e. The maximum absolute atomic E-state index is 11.4. The van der Waals surface area contributed by atoms with Crippen molar-refractivity contribution in [1.82, 2.24) is 0 Å². The van der Waals surface area contributed by atoms with E-state index in [0.717, 1.165) is 24.0 Å². The first-order valence-corrected chi connectivity index (χ1v) is 7.23. The van der Waals surface area contributed by atoms with Gasteiger partial charge in [0.15, 0.2) is 0 Å². The molecule has 1 N–H and O–H groups in total. The molecule has 21 heavy (non-hydrogen) atoms. The molecule has 3 rings (SSSR count). The number of carboxylic acids is 1. The van der Waals surface area contributed by atoms with Gasteiger partial charge in [-0.1, -0.05) is 35.4 Å². The monoisotopic (exact) mass is 302 g/mol. The summed E-state index contributed by atoms with van der Waals surface area (Å²) in [4.78, 5) is 11.4. The Morgan fingerprint density at radius 3 is 2.62 bits per heavy atom. The third kappa shape index (κ3) is 3.03. The zero-order chi connectivity index (χ0) is 15.0. The third-order valence-corrected chi connectivity index (χ3v) is 3.76. The average Bonchev–Trinajstić information content (AvgIpc) is 3.25. The molecule has 2 aromatic carbocycles. The van der Waals surface area contributed by atoms with Gasteiger partial charge in [0, 0.05) is 0 Å². The van der Waals surface area contributed by atoms with Crippen molar-refractivity contribution < 1.29 is 14.6 Å². The minimum absolute atomic E-state index is 0.280. The number of ether oxygens (including phenoxy) is 1. The quantitative estimate of drug-likeness (QED) is 0.901. The van der Waals surface area contributed by atoms with E-state index in [2.05, 4.69) is 0 Å². The highest BCUT2D eigenvalue weighted by Crippen LogP contribution is 2.35. The average molecular weight is 303 g/mol. The second-order valence-corrected chi connectivity index (χ2v) is 5.72. The van der Waals surface area contributed by atoms with E-state index in [-0.39, 0.29) is 11.7 Å². The Morgan fingerprint density at radius 2 is 2.00 bits per heavy atom. The van der Waals surface area contributed by atoms with E-state index in [9.17, 15) is 9.90 Å². The fourth-order valence-corrected chi connectivity index (χ4v) is 2.44. The van der Waals surface area contributed by atoms with E-state index < -0.39 is 5.97 Å². The van der Waals surface area contributed by atoms with Crippen LogP contribution in [0.3, 0.4) is 0 Å². The molecule has 0 amide bonds. The van der Waals surface area contributed by atoms with Gasteiger partial charge in [0.05, 0.1) is 16.7 Å². The van der Waals surface area contributed by atoms with Crippen molar-refractivity contribution in [2.24, 2.45) is 0 Å². The Labute approximate surface area is 128 Å². The van der Waals surface area contributed by atoms with Gasteiger partial charge in [-0.2, -0.15) is 0 Å². The van der Waals surface area contributed by atoms with Crippen LogP contribution in [0, 0.1) is 6.92 Å². The molecule has 0 aromatic heterocycles. The molecule has 3 nitrogen and oxygen atoms in total. The number of rotatable bonds is 4. The lowest BCUT2D eigenvalue weighted by Gasteiger charge is -2.11. The molecule has 0 bridgehead atoms. The number of aryl methyl sites for hydroxylation is 1. The molecule has 1 aliphatic carbocycles. The number of benzene rings is 2. The molecule has 0 heterocycles. The molecule has 0 spiro atoms. The van der Waals surface area contributed by atoms with Gasteiger partial charge in [0.1, 0.15) is 5.75 Å². The van der Waals surface area contributed by atoms with Crippen LogP contribution in [0.4, 0.5) is 0 Å². The highest BCUT2D eigenvalue weighted by Gasteiger charge is 2.24. The SMILES string of the molecule is Cc1ccc(-c2ccc(OC3CC3)c(Cl)c2)c(C(=O)O)c1. The largest absolute Gasteiger partial charge is 0.489 e. The normalized spacial score (nSPS) is 14.0. The molecule has 0 saturated heterocycles. The summed E-state index contributed by atoms with van der Waals surface area (Å²) in [5, 5.41) is 9.86. The second-order valence-electron chi connectivity index (χ2n) is 5.32. The van der Waals surface area contributed by atoms with Crippen LogP contribution >= 0.6 is 11.6 Å². The Kier molecular flexibility index (Phi) is 3.60. The Hall–Kier alpha value is -2.00. The number of halogens is 1. The summed E-state index contributed by atoms with van der Waals surface area (Å²) < 4.78 is 5.70. The second kappa shape index (κ2) is 5.41. The number of hydrogen-bond acceptors (Lipinski definition) is 2. The van der Waals surface area contributed by atoms with Gasteiger partial charge in [0.25, 0.3) is 0 Å². The first-order chi connectivity index (χ1) is 10.0. The van der Waals surface area contributed by atoms with Gasteiger partial charge in [-0.15, -0.1) is 0 Å². The van der Waals surface area contributed by atoms with Crippen LogP contribution < -0.4 is 4.74 Å². The number of aromatic carboxylic acids is 1. The van der Waals surface area contributed by atoms with Gasteiger partial charge in [-0.25, -0.2) is 4.79 Å². The lowest BCUT2D eigenvalue weighted by molar-refractivity contribution is 0.0697. The molecular weight excluding hydrogens is 288 g/mol. The zero-order valence-electron chi connectivity index (χ0n) is 11.6. The van der Waals surface area contributed by atoms with Crippen molar-refractivity contribution in [2.45, 2.75) is 25.9 Å². The van der Waals surface area contributed by atoms with Crippen LogP contribution in [-0.4, -0.2) is 17.2 Å². The molecule has 1 aliphatic rings. The molecule has 0 aliphatic heterocycles. The molecule has 0 atom stereocenters. The summed E-state index contributed by atoms with van der Waals surface area (Å²) in [6, 6.07) is 10.8. The van der Waals surface area contributed by atoms with Crippen LogP contribution in [0.25, 0.3) is 11.1 Å². The molecule has 0 radical (unpaired) electrons. The van der Waals surface area contributed by atoms with Gasteiger partial charge in [0.2, 0.25) is 0 Å². The lowest BCUT2D eigenvalue weighted by atomic mass is 9.98. The summed E-state index contributed by atoms with van der Waals surface area (Å²) in [5.74, 6) is -0.282. The summed E-state index contributed by atoms with van der Waals surface area (Å²) >= 11 is 6.24. The van der Waals surface area contributed by atoms with E-state index in [1.165, 1.54) is 0 Å². The van der Waals surface area contributed by atoms with Crippen molar-refractivity contribution in [2.75, 3.05) is 0 Å². The van der Waals surface area contributed by atoms with Gasteiger partial charge in [-0.05, 0) is 49.1 Å². The van der Waals surface area contributed by atoms with Crippen molar-refractivity contribution in [1.29, 1.82) is 0 Å². The van der Waals surface area contributed by atoms with Crippen molar-refractivity contribution in [3.63, 3.8) is 0 Å². The van der Waals surface area contributed by atoms with Crippen LogP contribution in [0.5, 0.6) is 5.75 Å². The fraction of sp³-hybridized carbons (Fsp3) is 0.235. The molecule has 1 fully saturated rings. The maximum atomic E-state index is 11.4.